The fourth-order valence-electron chi connectivity index (χ4n) is 3.67. The Labute approximate surface area is 205 Å². The third kappa shape index (κ3) is 4.67. The van der Waals surface area contributed by atoms with Crippen molar-refractivity contribution in [3.05, 3.63) is 90.0 Å². The highest BCUT2D eigenvalue weighted by Crippen LogP contribution is 2.32. The monoisotopic (exact) mass is 483 g/mol. The van der Waals surface area contributed by atoms with Crippen LogP contribution in [0.5, 0.6) is 0 Å². The predicted octanol–water partition coefficient (Wildman–Crippen LogP) is 4.82. The van der Waals surface area contributed by atoms with Crippen molar-refractivity contribution in [2.24, 2.45) is 5.73 Å². The third-order valence-electron chi connectivity index (χ3n) is 5.37. The average molecular weight is 484 g/mol. The zero-order chi connectivity index (χ0) is 24.4. The normalized spacial score (nSPS) is 11.0. The molecule has 5 rings (SSSR count). The van der Waals surface area contributed by atoms with Crippen LogP contribution in [0, 0.1) is 6.92 Å². The molecule has 0 aliphatic carbocycles. The molecular formula is C26H21N5O3S. The highest BCUT2D eigenvalue weighted by molar-refractivity contribution is 7.99. The first kappa shape index (κ1) is 22.4. The molecule has 2 heterocycles. The molecule has 35 heavy (non-hydrogen) atoms. The molecule has 0 saturated carbocycles. The highest BCUT2D eigenvalue weighted by atomic mass is 32.2. The topological polar surface area (TPSA) is 116 Å². The molecule has 3 N–H and O–H groups in total. The van der Waals surface area contributed by atoms with Gasteiger partial charge in [0.25, 0.3) is 5.91 Å². The van der Waals surface area contributed by atoms with E-state index in [9.17, 15) is 9.59 Å². The van der Waals surface area contributed by atoms with Crippen LogP contribution in [-0.2, 0) is 4.79 Å². The molecular weight excluding hydrogens is 462 g/mol. The lowest BCUT2D eigenvalue weighted by Gasteiger charge is -2.10. The van der Waals surface area contributed by atoms with Crippen LogP contribution in [0.25, 0.3) is 28.2 Å². The zero-order valence-corrected chi connectivity index (χ0v) is 19.6. The fourth-order valence-corrected chi connectivity index (χ4v) is 4.42. The molecule has 3 aromatic carbocycles. The largest absolute Gasteiger partial charge is 0.453 e. The predicted molar refractivity (Wildman–Crippen MR) is 136 cm³/mol. The summed E-state index contributed by atoms with van der Waals surface area (Å²) < 4.78 is 7.91. The van der Waals surface area contributed by atoms with E-state index >= 15 is 0 Å². The highest BCUT2D eigenvalue weighted by Gasteiger charge is 2.20. The number of amides is 2. The number of nitrogens with one attached hydrogen (secondary N) is 1. The molecule has 8 nitrogen and oxygen atoms in total. The smallest absolute Gasteiger partial charge is 0.250 e. The third-order valence-corrected chi connectivity index (χ3v) is 6.30. The number of furan rings is 1. The second kappa shape index (κ2) is 9.47. The molecule has 0 spiro atoms. The fraction of sp³-hybridized carbons (Fsp3) is 0.0769. The van der Waals surface area contributed by atoms with Crippen LogP contribution in [0.1, 0.15) is 15.9 Å². The van der Waals surface area contributed by atoms with Gasteiger partial charge in [0.2, 0.25) is 11.7 Å². The maximum atomic E-state index is 12.7. The summed E-state index contributed by atoms with van der Waals surface area (Å²) >= 11 is 1.23. The van der Waals surface area contributed by atoms with Crippen LogP contribution in [0.15, 0.2) is 88.4 Å². The van der Waals surface area contributed by atoms with Gasteiger partial charge in [-0.05, 0) is 43.3 Å². The number of aryl methyl sites for hydroxylation is 1. The lowest BCUT2D eigenvalue weighted by molar-refractivity contribution is -0.113. The molecule has 0 aliphatic heterocycles. The van der Waals surface area contributed by atoms with Gasteiger partial charge in [-0.25, -0.2) is 0 Å². The van der Waals surface area contributed by atoms with Gasteiger partial charge < -0.3 is 15.5 Å². The van der Waals surface area contributed by atoms with E-state index in [4.69, 9.17) is 10.2 Å². The maximum Gasteiger partial charge on any atom is 0.250 e. The molecule has 0 radical (unpaired) electrons. The number of carbonyl (C=O) groups is 2. The van der Waals surface area contributed by atoms with Crippen LogP contribution in [0.3, 0.4) is 0 Å². The second-order valence-electron chi connectivity index (χ2n) is 7.87. The SMILES string of the molecule is Cc1ccc(-n2c(SCC(=O)Nc3ccccc3C(N)=O)nnc2-c2cc3ccccc3o2)cc1. The lowest BCUT2D eigenvalue weighted by atomic mass is 10.1. The number of aromatic nitrogens is 3. The van der Waals surface area contributed by atoms with Gasteiger partial charge in [0, 0.05) is 11.1 Å². The van der Waals surface area contributed by atoms with E-state index in [2.05, 4.69) is 15.5 Å². The Kier molecular flexibility index (Phi) is 6.07. The van der Waals surface area contributed by atoms with Gasteiger partial charge >= 0.3 is 0 Å². The Hall–Kier alpha value is -4.37. The Morgan fingerprint density at radius 1 is 1.00 bits per heavy atom. The first-order chi connectivity index (χ1) is 17.0. The van der Waals surface area contributed by atoms with E-state index in [1.54, 1.807) is 24.3 Å². The second-order valence-corrected chi connectivity index (χ2v) is 8.81. The summed E-state index contributed by atoms with van der Waals surface area (Å²) in [6.45, 7) is 2.01. The molecule has 2 amide bonds. The van der Waals surface area contributed by atoms with Crippen molar-refractivity contribution in [2.45, 2.75) is 12.1 Å². The van der Waals surface area contributed by atoms with Crippen LogP contribution in [0.2, 0.25) is 0 Å². The van der Waals surface area contributed by atoms with Crippen molar-refractivity contribution >= 4 is 40.2 Å². The molecule has 0 aliphatic rings. The van der Waals surface area contributed by atoms with Crippen molar-refractivity contribution in [3.8, 4) is 17.3 Å². The molecule has 0 atom stereocenters. The Bertz CT molecular complexity index is 1510. The number of thioether (sulfide) groups is 1. The van der Waals surface area contributed by atoms with E-state index < -0.39 is 5.91 Å². The molecule has 0 saturated heterocycles. The van der Waals surface area contributed by atoms with E-state index in [0.29, 0.717) is 22.4 Å². The lowest BCUT2D eigenvalue weighted by Crippen LogP contribution is -2.19. The van der Waals surface area contributed by atoms with Gasteiger partial charge in [-0.3, -0.25) is 14.2 Å². The van der Waals surface area contributed by atoms with Gasteiger partial charge in [-0.2, -0.15) is 0 Å². The summed E-state index contributed by atoms with van der Waals surface area (Å²) in [4.78, 5) is 24.3. The van der Waals surface area contributed by atoms with Crippen molar-refractivity contribution in [1.82, 2.24) is 14.8 Å². The Morgan fingerprint density at radius 2 is 1.74 bits per heavy atom. The number of carbonyl (C=O) groups excluding carboxylic acids is 2. The van der Waals surface area contributed by atoms with Crippen LogP contribution < -0.4 is 11.1 Å². The molecule has 2 aromatic heterocycles. The summed E-state index contributed by atoms with van der Waals surface area (Å²) in [5, 5.41) is 13.0. The number of benzene rings is 3. The first-order valence-electron chi connectivity index (χ1n) is 10.8. The maximum absolute atomic E-state index is 12.7. The summed E-state index contributed by atoms with van der Waals surface area (Å²) in [6.07, 6.45) is 0. The number of fused-ring (bicyclic) bond motifs is 1. The molecule has 174 valence electrons. The number of nitrogens with zero attached hydrogens (tertiary/aromatic N) is 3. The Morgan fingerprint density at radius 3 is 2.51 bits per heavy atom. The van der Waals surface area contributed by atoms with Gasteiger partial charge in [0.05, 0.1) is 17.0 Å². The van der Waals surface area contributed by atoms with E-state index in [1.807, 2.05) is 66.1 Å². The molecule has 5 aromatic rings. The summed E-state index contributed by atoms with van der Waals surface area (Å²) in [6, 6.07) is 24.2. The van der Waals surface area contributed by atoms with Crippen LogP contribution in [0.4, 0.5) is 5.69 Å². The minimum absolute atomic E-state index is 0.0528. The van der Waals surface area contributed by atoms with Gasteiger partial charge in [0.1, 0.15) is 5.58 Å². The molecule has 9 heteroatoms. The Balaban J connectivity index is 1.44. The summed E-state index contributed by atoms with van der Waals surface area (Å²) in [5.41, 5.74) is 8.75. The number of rotatable bonds is 7. The van der Waals surface area contributed by atoms with Gasteiger partial charge in [0.15, 0.2) is 10.9 Å². The number of hydrogen-bond donors (Lipinski definition) is 2. The zero-order valence-electron chi connectivity index (χ0n) is 18.8. The van der Waals surface area contributed by atoms with Crippen LogP contribution >= 0.6 is 11.8 Å². The molecule has 0 fully saturated rings. The summed E-state index contributed by atoms with van der Waals surface area (Å²) in [7, 11) is 0. The minimum atomic E-state index is -0.608. The minimum Gasteiger partial charge on any atom is -0.453 e. The average Bonchev–Trinajstić information content (AvgIpc) is 3.47. The van der Waals surface area contributed by atoms with E-state index in [0.717, 1.165) is 22.2 Å². The number of hydrogen-bond acceptors (Lipinski definition) is 6. The van der Waals surface area contributed by atoms with E-state index in [-0.39, 0.29) is 17.2 Å². The van der Waals surface area contributed by atoms with Crippen molar-refractivity contribution in [3.63, 3.8) is 0 Å². The number of para-hydroxylation sites is 2. The van der Waals surface area contributed by atoms with Crippen LogP contribution in [-0.4, -0.2) is 32.3 Å². The number of anilines is 1. The van der Waals surface area contributed by atoms with Crippen molar-refractivity contribution < 1.29 is 14.0 Å². The van der Waals surface area contributed by atoms with Crippen molar-refractivity contribution in [1.29, 1.82) is 0 Å². The summed E-state index contributed by atoms with van der Waals surface area (Å²) in [5.74, 6) is 0.255. The number of nitrogens with two attached hydrogens (primary N) is 1. The standard InChI is InChI=1S/C26H21N5O3S/c1-16-10-12-18(13-11-16)31-25(22-14-17-6-2-5-9-21(17)34-22)29-30-26(31)35-15-23(32)28-20-8-4-3-7-19(20)24(27)33/h2-14H,15H2,1H3,(H2,27,33)(H,28,32). The number of primary amides is 1. The quantitative estimate of drug-likeness (QED) is 0.321. The van der Waals surface area contributed by atoms with E-state index in [1.165, 1.54) is 11.8 Å². The molecule has 0 unspecified atom stereocenters. The molecule has 0 bridgehead atoms. The van der Waals surface area contributed by atoms with Crippen molar-refractivity contribution in [2.75, 3.05) is 11.1 Å². The first-order valence-corrected chi connectivity index (χ1v) is 11.8. The van der Waals surface area contributed by atoms with Gasteiger partial charge in [-0.15, -0.1) is 10.2 Å². The van der Waals surface area contributed by atoms with Gasteiger partial charge in [-0.1, -0.05) is 59.8 Å².